The van der Waals surface area contributed by atoms with Crippen molar-refractivity contribution in [3.05, 3.63) is 94.8 Å². The number of hydrogen-bond acceptors (Lipinski definition) is 9. The number of H-pyrrole nitrogens is 1. The average Bonchev–Trinajstić information content (AvgIpc) is 3.54. The van der Waals surface area contributed by atoms with E-state index in [1.165, 1.54) is 28.5 Å². The number of para-hydroxylation sites is 1. The Kier molecular flexibility index (Phi) is 8.48. The third kappa shape index (κ3) is 6.52. The molecule has 0 bridgehead atoms. The first-order chi connectivity index (χ1) is 27.4. The van der Waals surface area contributed by atoms with Gasteiger partial charge in [0.2, 0.25) is 15.9 Å². The minimum Gasteiger partial charge on any atom is -0.346 e. The van der Waals surface area contributed by atoms with Crippen LogP contribution in [0.15, 0.2) is 55.0 Å². The lowest BCUT2D eigenvalue weighted by Crippen LogP contribution is -2.35. The number of carbonyl (C=O) groups is 1. The Balaban J connectivity index is 1.21. The van der Waals surface area contributed by atoms with E-state index in [1.807, 2.05) is 0 Å². The van der Waals surface area contributed by atoms with E-state index < -0.39 is 81.0 Å². The lowest BCUT2D eigenvalue weighted by Gasteiger charge is -2.23. The Hall–Kier alpha value is -5.90. The van der Waals surface area contributed by atoms with Crippen LogP contribution >= 0.6 is 11.3 Å². The fourth-order valence-corrected chi connectivity index (χ4v) is 9.22. The monoisotopic (exact) mass is 844 g/mol. The minimum absolute atomic E-state index is 0.0104. The molecule has 2 aliphatic rings. The van der Waals surface area contributed by atoms with Crippen LogP contribution in [0.2, 0.25) is 0 Å². The minimum atomic E-state index is -5.07. The zero-order valence-corrected chi connectivity index (χ0v) is 31.5. The SMILES string of the molecule is Cn1nc(NS(C)(=O)=O)c2cccc(-c3cc4sc(-c5cnc[nH]5)nc4nc3C(Cc3cc(F)cc(F)c3)NC(=O)Cn3nc(C(F)(F)F)c4c3C(F)(F)[C@@H]3C[C@H]43)c21. The molecule has 5 heterocycles. The summed E-state index contributed by atoms with van der Waals surface area (Å²) in [5.41, 5.74) is -1.11. The van der Waals surface area contributed by atoms with Gasteiger partial charge >= 0.3 is 6.18 Å². The number of fused-ring (bicyclic) bond motifs is 5. The van der Waals surface area contributed by atoms with Crippen molar-refractivity contribution in [1.82, 2.24) is 44.8 Å². The van der Waals surface area contributed by atoms with E-state index >= 15 is 8.78 Å². The van der Waals surface area contributed by atoms with Crippen molar-refractivity contribution >= 4 is 54.3 Å². The molecule has 2 aromatic carbocycles. The van der Waals surface area contributed by atoms with Crippen molar-refractivity contribution in [1.29, 1.82) is 0 Å². The number of pyridine rings is 1. The number of benzene rings is 2. The predicted molar refractivity (Wildman–Crippen MR) is 196 cm³/mol. The summed E-state index contributed by atoms with van der Waals surface area (Å²) in [6.07, 6.45) is -1.61. The van der Waals surface area contributed by atoms with Crippen LogP contribution in [0, 0.1) is 17.6 Å². The highest BCUT2D eigenvalue weighted by Crippen LogP contribution is 2.68. The molecule has 1 fully saturated rings. The molecule has 3 N–H and O–H groups in total. The third-order valence-corrected chi connectivity index (χ3v) is 11.7. The van der Waals surface area contributed by atoms with E-state index in [2.05, 4.69) is 35.2 Å². The van der Waals surface area contributed by atoms with Crippen LogP contribution in [0.1, 0.15) is 46.6 Å². The molecule has 1 saturated carbocycles. The molecular formula is C36H27F7N10O3S2. The number of carbonyl (C=O) groups excluding carboxylic acids is 1. The number of anilines is 1. The molecule has 5 aromatic heterocycles. The van der Waals surface area contributed by atoms with Gasteiger partial charge in [0, 0.05) is 41.1 Å². The summed E-state index contributed by atoms with van der Waals surface area (Å²) in [4.78, 5) is 30.5. The summed E-state index contributed by atoms with van der Waals surface area (Å²) in [5.74, 6) is -8.97. The first kappa shape index (κ1) is 37.7. The van der Waals surface area contributed by atoms with E-state index in [1.54, 1.807) is 31.3 Å². The second kappa shape index (κ2) is 13.1. The fourth-order valence-electron chi connectivity index (χ4n) is 7.80. The molecule has 58 heavy (non-hydrogen) atoms. The summed E-state index contributed by atoms with van der Waals surface area (Å²) >= 11 is 1.23. The van der Waals surface area contributed by atoms with Gasteiger partial charge in [0.1, 0.15) is 28.9 Å². The smallest absolute Gasteiger partial charge is 0.346 e. The summed E-state index contributed by atoms with van der Waals surface area (Å²) in [6, 6.07) is 7.99. The van der Waals surface area contributed by atoms with Crippen molar-refractivity contribution in [2.24, 2.45) is 13.0 Å². The van der Waals surface area contributed by atoms with Gasteiger partial charge in [-0.15, -0.1) is 11.3 Å². The topological polar surface area (TPSA) is 165 Å². The molecule has 3 atom stereocenters. The summed E-state index contributed by atoms with van der Waals surface area (Å²) in [6.45, 7) is -1.06. The number of amides is 1. The van der Waals surface area contributed by atoms with Crippen LogP contribution in [0.5, 0.6) is 0 Å². The Labute approximate surface area is 326 Å². The second-order valence-corrected chi connectivity index (χ2v) is 17.0. The fraction of sp³-hybridized carbons (Fsp3) is 0.278. The Morgan fingerprint density at radius 1 is 1.09 bits per heavy atom. The molecule has 300 valence electrons. The maximum atomic E-state index is 15.4. The number of nitrogens with one attached hydrogen (secondary N) is 3. The van der Waals surface area contributed by atoms with Crippen molar-refractivity contribution in [2.45, 2.75) is 43.4 Å². The summed E-state index contributed by atoms with van der Waals surface area (Å²) < 4.78 is 131. The van der Waals surface area contributed by atoms with Crippen LogP contribution < -0.4 is 10.0 Å². The maximum absolute atomic E-state index is 15.4. The summed E-state index contributed by atoms with van der Waals surface area (Å²) in [7, 11) is -2.21. The van der Waals surface area contributed by atoms with E-state index in [9.17, 15) is 35.2 Å². The van der Waals surface area contributed by atoms with Crippen molar-refractivity contribution in [3.63, 3.8) is 0 Å². The Morgan fingerprint density at radius 2 is 1.84 bits per heavy atom. The highest BCUT2D eigenvalue weighted by Gasteiger charge is 2.68. The number of aryl methyl sites for hydroxylation is 1. The largest absolute Gasteiger partial charge is 0.435 e. The number of sulfonamides is 1. The van der Waals surface area contributed by atoms with Crippen LogP contribution in [0.3, 0.4) is 0 Å². The quantitative estimate of drug-likeness (QED) is 0.126. The Bertz CT molecular complexity index is 2900. The molecule has 22 heteroatoms. The van der Waals surface area contributed by atoms with Gasteiger partial charge in [-0.05, 0) is 48.6 Å². The van der Waals surface area contributed by atoms with Gasteiger partial charge in [-0.2, -0.15) is 32.1 Å². The number of thiazole rings is 1. The highest BCUT2D eigenvalue weighted by atomic mass is 32.2. The van der Waals surface area contributed by atoms with Crippen molar-refractivity contribution in [3.8, 4) is 21.8 Å². The predicted octanol–water partition coefficient (Wildman–Crippen LogP) is 6.81. The van der Waals surface area contributed by atoms with Gasteiger partial charge in [0.25, 0.3) is 5.92 Å². The van der Waals surface area contributed by atoms with E-state index in [-0.39, 0.29) is 35.6 Å². The number of nitrogens with zero attached hydrogens (tertiary/aromatic N) is 7. The first-order valence-electron chi connectivity index (χ1n) is 17.4. The van der Waals surface area contributed by atoms with Gasteiger partial charge < -0.3 is 10.3 Å². The number of rotatable bonds is 10. The summed E-state index contributed by atoms with van der Waals surface area (Å²) in [5, 5.41) is 11.4. The third-order valence-electron chi connectivity index (χ3n) is 10.1. The first-order valence-corrected chi connectivity index (χ1v) is 20.1. The molecule has 0 spiro atoms. The number of aromatic nitrogens is 8. The van der Waals surface area contributed by atoms with Crippen molar-refractivity contribution < 1.29 is 43.9 Å². The zero-order chi connectivity index (χ0) is 41.1. The van der Waals surface area contributed by atoms with Crippen molar-refractivity contribution in [2.75, 3.05) is 11.0 Å². The standard InChI is InChI=1S/C36H27F7N10O3S2/c1-52-29-18(4-3-5-19(29)32(50-52)51-58(2,55)56)20-11-25-33(48-34(57-25)24-12-44-14-45-24)47-28(20)23(8-15-6-16(37)9-17(38)7-15)46-26(54)13-53-31-27(30(49-53)36(41,42)43)21-10-22(21)35(31,39)40/h3-7,9,11-12,14,21-23H,8,10,13H2,1-2H3,(H,44,45)(H,46,54)(H,50,51)/t21-,22+,23?/m0/s1. The lowest BCUT2D eigenvalue weighted by atomic mass is 9.94. The average molecular weight is 845 g/mol. The molecule has 0 radical (unpaired) electrons. The van der Waals surface area contributed by atoms with Crippen LogP contribution in [-0.4, -0.2) is 60.1 Å². The normalized spacial score (nSPS) is 17.7. The van der Waals surface area contributed by atoms with E-state index in [0.717, 1.165) is 18.4 Å². The van der Waals surface area contributed by atoms with Gasteiger partial charge in [-0.1, -0.05) is 12.1 Å². The molecule has 7 aromatic rings. The van der Waals surface area contributed by atoms with E-state index in [0.29, 0.717) is 48.2 Å². The van der Waals surface area contributed by atoms with E-state index in [4.69, 9.17) is 4.98 Å². The number of alkyl halides is 5. The molecule has 1 unspecified atom stereocenters. The molecular weight excluding hydrogens is 818 g/mol. The maximum Gasteiger partial charge on any atom is 0.435 e. The molecule has 13 nitrogen and oxygen atoms in total. The number of halogens is 7. The number of imidazole rings is 1. The zero-order valence-electron chi connectivity index (χ0n) is 29.9. The second-order valence-electron chi connectivity index (χ2n) is 14.2. The number of aromatic amines is 1. The molecule has 0 saturated heterocycles. The molecule has 2 aliphatic carbocycles. The van der Waals surface area contributed by atoms with Crippen LogP contribution in [0.25, 0.3) is 43.1 Å². The molecule has 1 amide bonds. The Morgan fingerprint density at radius 3 is 2.53 bits per heavy atom. The highest BCUT2D eigenvalue weighted by molar-refractivity contribution is 7.92. The van der Waals surface area contributed by atoms with Gasteiger partial charge in [-0.25, -0.2) is 32.2 Å². The van der Waals surface area contributed by atoms with Gasteiger partial charge in [0.05, 0.1) is 46.4 Å². The molecule has 9 rings (SSSR count). The van der Waals surface area contributed by atoms with Crippen LogP contribution in [0.4, 0.5) is 36.6 Å². The van der Waals surface area contributed by atoms with Gasteiger partial charge in [-0.3, -0.25) is 18.9 Å². The number of hydrogen-bond donors (Lipinski definition) is 3. The van der Waals surface area contributed by atoms with Gasteiger partial charge in [0.15, 0.2) is 17.2 Å². The van der Waals surface area contributed by atoms with Crippen LogP contribution in [-0.2, 0) is 46.9 Å². The lowest BCUT2D eigenvalue weighted by molar-refractivity contribution is -0.142. The molecule has 0 aliphatic heterocycles.